The summed E-state index contributed by atoms with van der Waals surface area (Å²) in [6.07, 6.45) is -0.512. The third-order valence-corrected chi connectivity index (χ3v) is 5.50. The number of carbonyl (C=O) groups excluding carboxylic acids is 2. The summed E-state index contributed by atoms with van der Waals surface area (Å²) in [6.45, 7) is 1.70. The predicted octanol–water partition coefficient (Wildman–Crippen LogP) is 4.54. The fourth-order valence-corrected chi connectivity index (χ4v) is 3.82. The summed E-state index contributed by atoms with van der Waals surface area (Å²) in [5.74, 6) is 0.214. The maximum atomic E-state index is 12.4. The van der Waals surface area contributed by atoms with Crippen LogP contribution in [0.4, 0.5) is 10.8 Å². The lowest BCUT2D eigenvalue weighted by Gasteiger charge is -2.23. The SMILES string of the molecule is CC1Oc2ccc(-c3csc(NC(=O)c4ccccc4Br)n3)cc2NC1=O. The van der Waals surface area contributed by atoms with Gasteiger partial charge in [0.15, 0.2) is 11.2 Å². The van der Waals surface area contributed by atoms with Crippen molar-refractivity contribution in [1.82, 2.24) is 4.98 Å². The number of carbonyl (C=O) groups is 2. The molecule has 2 amide bonds. The molecule has 1 aliphatic rings. The average molecular weight is 444 g/mol. The van der Waals surface area contributed by atoms with Crippen molar-refractivity contribution in [2.45, 2.75) is 13.0 Å². The third kappa shape index (κ3) is 3.58. The number of aromatic nitrogens is 1. The first-order valence-corrected chi connectivity index (χ1v) is 9.82. The minimum atomic E-state index is -0.512. The van der Waals surface area contributed by atoms with Crippen molar-refractivity contribution >= 4 is 49.9 Å². The van der Waals surface area contributed by atoms with Gasteiger partial charge in [-0.1, -0.05) is 12.1 Å². The molecule has 0 saturated carbocycles. The molecule has 4 rings (SSSR count). The predicted molar refractivity (Wildman–Crippen MR) is 108 cm³/mol. The first-order chi connectivity index (χ1) is 13.0. The summed E-state index contributed by atoms with van der Waals surface area (Å²) in [5, 5.41) is 7.98. The number of rotatable bonds is 3. The van der Waals surface area contributed by atoms with Crippen LogP contribution in [0, 0.1) is 0 Å². The molecule has 2 N–H and O–H groups in total. The average Bonchev–Trinajstić information content (AvgIpc) is 3.11. The van der Waals surface area contributed by atoms with Gasteiger partial charge in [0.05, 0.1) is 16.9 Å². The summed E-state index contributed by atoms with van der Waals surface area (Å²) >= 11 is 4.71. The molecule has 0 saturated heterocycles. The Balaban J connectivity index is 1.55. The molecule has 8 heteroatoms. The lowest BCUT2D eigenvalue weighted by Crippen LogP contribution is -2.34. The number of fused-ring (bicyclic) bond motifs is 1. The summed E-state index contributed by atoms with van der Waals surface area (Å²) in [6, 6.07) is 12.7. The van der Waals surface area contributed by atoms with E-state index in [0.717, 1.165) is 10.0 Å². The highest BCUT2D eigenvalue weighted by Crippen LogP contribution is 2.35. The van der Waals surface area contributed by atoms with Crippen molar-refractivity contribution in [2.75, 3.05) is 10.6 Å². The van der Waals surface area contributed by atoms with Crippen LogP contribution < -0.4 is 15.4 Å². The zero-order valence-electron chi connectivity index (χ0n) is 14.2. The van der Waals surface area contributed by atoms with Gasteiger partial charge < -0.3 is 10.1 Å². The highest BCUT2D eigenvalue weighted by atomic mass is 79.9. The Labute approximate surface area is 167 Å². The topological polar surface area (TPSA) is 80.3 Å². The Bertz CT molecular complexity index is 1050. The van der Waals surface area contributed by atoms with Crippen LogP contribution in [0.3, 0.4) is 0 Å². The second-order valence-corrected chi connectivity index (χ2v) is 7.64. The zero-order chi connectivity index (χ0) is 19.0. The summed E-state index contributed by atoms with van der Waals surface area (Å²) in [7, 11) is 0. The highest BCUT2D eigenvalue weighted by molar-refractivity contribution is 9.10. The van der Waals surface area contributed by atoms with E-state index in [0.29, 0.717) is 27.8 Å². The summed E-state index contributed by atoms with van der Waals surface area (Å²) < 4.78 is 6.28. The number of thiazole rings is 1. The molecule has 136 valence electrons. The Kier molecular flexibility index (Phi) is 4.67. The number of ether oxygens (including phenoxy) is 1. The minimum Gasteiger partial charge on any atom is -0.479 e. The quantitative estimate of drug-likeness (QED) is 0.622. The number of amides is 2. The fraction of sp³-hybridized carbons (Fsp3) is 0.105. The van der Waals surface area contributed by atoms with Gasteiger partial charge in [0.1, 0.15) is 5.75 Å². The molecule has 0 fully saturated rings. The molecule has 2 heterocycles. The van der Waals surface area contributed by atoms with E-state index in [-0.39, 0.29) is 11.8 Å². The van der Waals surface area contributed by atoms with E-state index >= 15 is 0 Å². The molecule has 1 aliphatic heterocycles. The zero-order valence-corrected chi connectivity index (χ0v) is 16.6. The second-order valence-electron chi connectivity index (χ2n) is 5.93. The van der Waals surface area contributed by atoms with Crippen LogP contribution in [0.2, 0.25) is 0 Å². The molecule has 27 heavy (non-hydrogen) atoms. The smallest absolute Gasteiger partial charge is 0.265 e. The van der Waals surface area contributed by atoms with Gasteiger partial charge in [-0.3, -0.25) is 14.9 Å². The Morgan fingerprint density at radius 1 is 1.30 bits per heavy atom. The molecular formula is C19H14BrN3O3S. The Morgan fingerprint density at radius 3 is 2.93 bits per heavy atom. The van der Waals surface area contributed by atoms with Gasteiger partial charge in [-0.05, 0) is 53.2 Å². The van der Waals surface area contributed by atoms with Crippen molar-refractivity contribution in [1.29, 1.82) is 0 Å². The van der Waals surface area contributed by atoms with Crippen LogP contribution in [0.1, 0.15) is 17.3 Å². The lowest BCUT2D eigenvalue weighted by atomic mass is 10.1. The van der Waals surface area contributed by atoms with E-state index in [2.05, 4.69) is 31.5 Å². The van der Waals surface area contributed by atoms with Gasteiger partial charge in [0, 0.05) is 15.4 Å². The highest BCUT2D eigenvalue weighted by Gasteiger charge is 2.24. The molecule has 0 aliphatic carbocycles. The number of hydrogen-bond donors (Lipinski definition) is 2. The van der Waals surface area contributed by atoms with Crippen molar-refractivity contribution in [2.24, 2.45) is 0 Å². The van der Waals surface area contributed by atoms with E-state index in [1.807, 2.05) is 29.6 Å². The molecule has 0 spiro atoms. The first-order valence-electron chi connectivity index (χ1n) is 8.14. The van der Waals surface area contributed by atoms with Gasteiger partial charge in [-0.25, -0.2) is 4.98 Å². The molecule has 0 radical (unpaired) electrons. The van der Waals surface area contributed by atoms with Crippen molar-refractivity contribution in [3.8, 4) is 17.0 Å². The molecular weight excluding hydrogens is 430 g/mol. The normalized spacial score (nSPS) is 15.5. The van der Waals surface area contributed by atoms with Gasteiger partial charge in [0.25, 0.3) is 11.8 Å². The number of halogens is 1. The van der Waals surface area contributed by atoms with Crippen molar-refractivity contribution < 1.29 is 14.3 Å². The Morgan fingerprint density at radius 2 is 2.11 bits per heavy atom. The van der Waals surface area contributed by atoms with Gasteiger partial charge in [-0.15, -0.1) is 11.3 Å². The molecule has 1 atom stereocenters. The van der Waals surface area contributed by atoms with Crippen LogP contribution in [-0.2, 0) is 4.79 Å². The number of nitrogens with zero attached hydrogens (tertiary/aromatic N) is 1. The summed E-state index contributed by atoms with van der Waals surface area (Å²) in [4.78, 5) is 28.7. The monoisotopic (exact) mass is 443 g/mol. The van der Waals surface area contributed by atoms with Crippen LogP contribution in [0.5, 0.6) is 5.75 Å². The molecule has 1 unspecified atom stereocenters. The fourth-order valence-electron chi connectivity index (χ4n) is 2.64. The van der Waals surface area contributed by atoms with Crippen molar-refractivity contribution in [3.63, 3.8) is 0 Å². The number of benzene rings is 2. The standard InChI is InChI=1S/C19H14BrN3O3S/c1-10-17(24)21-14-8-11(6-7-16(14)26-10)15-9-27-19(22-15)23-18(25)12-4-2-3-5-13(12)20/h2-10H,1H3,(H,21,24)(H,22,23,25). The van der Waals surface area contributed by atoms with Crippen LogP contribution >= 0.6 is 27.3 Å². The third-order valence-electron chi connectivity index (χ3n) is 4.05. The summed E-state index contributed by atoms with van der Waals surface area (Å²) in [5.41, 5.74) is 2.68. The minimum absolute atomic E-state index is 0.181. The number of anilines is 2. The van der Waals surface area contributed by atoms with Gasteiger partial charge in [0.2, 0.25) is 0 Å². The van der Waals surface area contributed by atoms with Gasteiger partial charge in [-0.2, -0.15) is 0 Å². The number of nitrogens with one attached hydrogen (secondary N) is 2. The van der Waals surface area contributed by atoms with E-state index in [1.165, 1.54) is 11.3 Å². The second kappa shape index (κ2) is 7.13. The maximum absolute atomic E-state index is 12.4. The molecule has 1 aromatic heterocycles. The Hall–Kier alpha value is -2.71. The molecule has 3 aromatic rings. The van der Waals surface area contributed by atoms with Gasteiger partial charge >= 0.3 is 0 Å². The lowest BCUT2D eigenvalue weighted by molar-refractivity contribution is -0.122. The van der Waals surface area contributed by atoms with E-state index in [1.54, 1.807) is 25.1 Å². The largest absolute Gasteiger partial charge is 0.479 e. The van der Waals surface area contributed by atoms with Crippen LogP contribution in [0.25, 0.3) is 11.3 Å². The first kappa shape index (κ1) is 17.7. The van der Waals surface area contributed by atoms with E-state index in [4.69, 9.17) is 4.74 Å². The number of hydrogen-bond acceptors (Lipinski definition) is 5. The van der Waals surface area contributed by atoms with E-state index < -0.39 is 6.10 Å². The van der Waals surface area contributed by atoms with Crippen LogP contribution in [0.15, 0.2) is 52.3 Å². The maximum Gasteiger partial charge on any atom is 0.265 e. The molecule has 2 aromatic carbocycles. The van der Waals surface area contributed by atoms with Crippen molar-refractivity contribution in [3.05, 3.63) is 57.9 Å². The van der Waals surface area contributed by atoms with E-state index in [9.17, 15) is 9.59 Å². The van der Waals surface area contributed by atoms with Crippen LogP contribution in [-0.4, -0.2) is 22.9 Å². The molecule has 0 bridgehead atoms. The molecule has 6 nitrogen and oxygen atoms in total.